The van der Waals surface area contributed by atoms with Crippen LogP contribution in [-0.2, 0) is 21.4 Å². The van der Waals surface area contributed by atoms with Crippen molar-refractivity contribution in [3.63, 3.8) is 0 Å². The molecule has 0 spiro atoms. The number of amides is 2. The summed E-state index contributed by atoms with van der Waals surface area (Å²) in [4.78, 5) is 23.5. The molecule has 144 valence electrons. The van der Waals surface area contributed by atoms with Crippen molar-refractivity contribution in [2.45, 2.75) is 24.3 Å². The monoisotopic (exact) mass is 391 g/mol. The van der Waals surface area contributed by atoms with Crippen LogP contribution in [0.15, 0.2) is 52.0 Å². The molecule has 3 rings (SSSR count). The van der Waals surface area contributed by atoms with Crippen LogP contribution in [-0.4, -0.2) is 37.6 Å². The zero-order valence-electron chi connectivity index (χ0n) is 14.6. The van der Waals surface area contributed by atoms with Gasteiger partial charge < -0.3 is 15.5 Å². The number of carbonyl (C=O) groups excluding carboxylic acids is 2. The summed E-state index contributed by atoms with van der Waals surface area (Å²) in [7, 11) is -3.67. The molecular weight excluding hydrogens is 370 g/mol. The number of carbonyl (C=O) groups is 2. The second-order valence-electron chi connectivity index (χ2n) is 6.36. The third-order valence-corrected chi connectivity index (χ3v) is 6.53. The second-order valence-corrected chi connectivity index (χ2v) is 8.30. The number of sulfonamides is 1. The van der Waals surface area contributed by atoms with E-state index in [-0.39, 0.29) is 35.4 Å². The van der Waals surface area contributed by atoms with E-state index in [1.54, 1.807) is 18.4 Å². The van der Waals surface area contributed by atoms with E-state index in [0.717, 1.165) is 0 Å². The van der Waals surface area contributed by atoms with Gasteiger partial charge in [0, 0.05) is 24.6 Å². The van der Waals surface area contributed by atoms with Gasteiger partial charge in [0.05, 0.1) is 17.7 Å². The number of nitrogens with two attached hydrogens (primary N) is 1. The SMILES string of the molecule is NC(=O)c1ccc(S(=O)(=O)N2CCC(C(=O)NCc3ccco3)CC2)cc1. The van der Waals surface area contributed by atoms with Gasteiger partial charge in [0.25, 0.3) is 0 Å². The average molecular weight is 391 g/mol. The Hall–Kier alpha value is -2.65. The minimum absolute atomic E-state index is 0.103. The molecule has 1 fully saturated rings. The van der Waals surface area contributed by atoms with Gasteiger partial charge in [0.2, 0.25) is 21.8 Å². The fraction of sp³-hybridized carbons (Fsp3) is 0.333. The largest absolute Gasteiger partial charge is 0.467 e. The highest BCUT2D eigenvalue weighted by Gasteiger charge is 2.32. The van der Waals surface area contributed by atoms with Gasteiger partial charge in [-0.05, 0) is 49.2 Å². The summed E-state index contributed by atoms with van der Waals surface area (Å²) in [5.74, 6) is -0.277. The standard InChI is InChI=1S/C18H21N3O5S/c19-17(22)13-3-5-16(6-4-13)27(24,25)21-9-7-14(8-10-21)18(23)20-12-15-2-1-11-26-15/h1-6,11,14H,7-10,12H2,(H2,19,22)(H,20,23). The van der Waals surface area contributed by atoms with Crippen LogP contribution >= 0.6 is 0 Å². The smallest absolute Gasteiger partial charge is 0.248 e. The molecule has 8 nitrogen and oxygen atoms in total. The third-order valence-electron chi connectivity index (χ3n) is 4.62. The van der Waals surface area contributed by atoms with Gasteiger partial charge in [-0.2, -0.15) is 4.31 Å². The Balaban J connectivity index is 1.57. The number of nitrogens with one attached hydrogen (secondary N) is 1. The van der Waals surface area contributed by atoms with Crippen LogP contribution in [0, 0.1) is 5.92 Å². The van der Waals surface area contributed by atoms with Gasteiger partial charge in [0.1, 0.15) is 5.76 Å². The molecule has 9 heteroatoms. The number of primary amides is 1. The van der Waals surface area contributed by atoms with Gasteiger partial charge in [-0.15, -0.1) is 0 Å². The minimum atomic E-state index is -3.67. The van der Waals surface area contributed by atoms with Gasteiger partial charge in [-0.3, -0.25) is 9.59 Å². The number of furan rings is 1. The van der Waals surface area contributed by atoms with E-state index in [0.29, 0.717) is 25.1 Å². The van der Waals surface area contributed by atoms with E-state index in [4.69, 9.17) is 10.2 Å². The molecule has 1 aromatic heterocycles. The molecule has 0 unspecified atom stereocenters. The lowest BCUT2D eigenvalue weighted by Gasteiger charge is -2.30. The molecule has 2 aromatic rings. The summed E-state index contributed by atoms with van der Waals surface area (Å²) < 4.78 is 32.0. The Kier molecular flexibility index (Phi) is 5.62. The number of benzene rings is 1. The topological polar surface area (TPSA) is 123 Å². The zero-order valence-corrected chi connectivity index (χ0v) is 15.4. The van der Waals surface area contributed by atoms with Crippen LogP contribution in [0.2, 0.25) is 0 Å². The third kappa shape index (κ3) is 4.37. The maximum atomic E-state index is 12.7. The minimum Gasteiger partial charge on any atom is -0.467 e. The molecule has 0 aliphatic carbocycles. The first kappa shape index (κ1) is 19.1. The zero-order chi connectivity index (χ0) is 19.4. The van der Waals surface area contributed by atoms with E-state index < -0.39 is 15.9 Å². The molecule has 3 N–H and O–H groups in total. The van der Waals surface area contributed by atoms with Gasteiger partial charge in [-0.25, -0.2) is 8.42 Å². The van der Waals surface area contributed by atoms with Crippen LogP contribution in [0.3, 0.4) is 0 Å². The highest BCUT2D eigenvalue weighted by Crippen LogP contribution is 2.24. The van der Waals surface area contributed by atoms with Crippen LogP contribution in [0.25, 0.3) is 0 Å². The number of nitrogens with zero attached hydrogens (tertiary/aromatic N) is 1. The molecule has 2 heterocycles. The molecule has 1 aromatic carbocycles. The van der Waals surface area contributed by atoms with Crippen molar-refractivity contribution in [2.75, 3.05) is 13.1 Å². The highest BCUT2D eigenvalue weighted by atomic mass is 32.2. The van der Waals surface area contributed by atoms with Crippen molar-refractivity contribution in [1.82, 2.24) is 9.62 Å². The van der Waals surface area contributed by atoms with E-state index in [2.05, 4.69) is 5.32 Å². The lowest BCUT2D eigenvalue weighted by Crippen LogP contribution is -2.42. The molecule has 1 aliphatic heterocycles. The maximum absolute atomic E-state index is 12.7. The van der Waals surface area contributed by atoms with Crippen molar-refractivity contribution in [3.05, 3.63) is 54.0 Å². The molecule has 1 saturated heterocycles. The first-order valence-corrected chi connectivity index (χ1v) is 10.0. The van der Waals surface area contributed by atoms with E-state index in [9.17, 15) is 18.0 Å². The molecule has 0 radical (unpaired) electrons. The van der Waals surface area contributed by atoms with E-state index >= 15 is 0 Å². The van der Waals surface area contributed by atoms with Crippen molar-refractivity contribution in [3.8, 4) is 0 Å². The normalized spacial score (nSPS) is 16.1. The van der Waals surface area contributed by atoms with Gasteiger partial charge in [0.15, 0.2) is 0 Å². The highest BCUT2D eigenvalue weighted by molar-refractivity contribution is 7.89. The number of hydrogen-bond acceptors (Lipinski definition) is 5. The predicted molar refractivity (Wildman–Crippen MR) is 97.0 cm³/mol. The Labute approximate surface area is 157 Å². The summed E-state index contributed by atoms with van der Waals surface area (Å²) in [6.45, 7) is 0.841. The van der Waals surface area contributed by atoms with Crippen molar-refractivity contribution in [2.24, 2.45) is 11.7 Å². The van der Waals surface area contributed by atoms with Crippen molar-refractivity contribution < 1.29 is 22.4 Å². The Morgan fingerprint density at radius 3 is 2.37 bits per heavy atom. The summed E-state index contributed by atoms with van der Waals surface area (Å²) in [5, 5.41) is 2.81. The average Bonchev–Trinajstić information content (AvgIpc) is 3.20. The van der Waals surface area contributed by atoms with Crippen LogP contribution < -0.4 is 11.1 Å². The van der Waals surface area contributed by atoms with Crippen LogP contribution in [0.1, 0.15) is 29.0 Å². The molecule has 1 aliphatic rings. The summed E-state index contributed by atoms with van der Waals surface area (Å²) >= 11 is 0. The quantitative estimate of drug-likeness (QED) is 0.763. The maximum Gasteiger partial charge on any atom is 0.248 e. The van der Waals surface area contributed by atoms with Crippen molar-refractivity contribution in [1.29, 1.82) is 0 Å². The second kappa shape index (κ2) is 7.93. The molecule has 0 bridgehead atoms. The first-order chi connectivity index (χ1) is 12.9. The van der Waals surface area contributed by atoms with Crippen molar-refractivity contribution >= 4 is 21.8 Å². The lowest BCUT2D eigenvalue weighted by atomic mass is 9.97. The Morgan fingerprint density at radius 2 is 1.81 bits per heavy atom. The fourth-order valence-corrected chi connectivity index (χ4v) is 4.50. The first-order valence-electron chi connectivity index (χ1n) is 8.58. The molecular formula is C18H21N3O5S. The van der Waals surface area contributed by atoms with E-state index in [1.165, 1.54) is 28.6 Å². The number of piperidine rings is 1. The molecule has 2 amide bonds. The molecule has 0 saturated carbocycles. The molecule has 27 heavy (non-hydrogen) atoms. The van der Waals surface area contributed by atoms with Gasteiger partial charge >= 0.3 is 0 Å². The van der Waals surface area contributed by atoms with Crippen LogP contribution in [0.5, 0.6) is 0 Å². The van der Waals surface area contributed by atoms with Crippen LogP contribution in [0.4, 0.5) is 0 Å². The summed E-state index contributed by atoms with van der Waals surface area (Å²) in [6, 6.07) is 9.06. The summed E-state index contributed by atoms with van der Waals surface area (Å²) in [6.07, 6.45) is 2.44. The Bertz CT molecular complexity index is 899. The number of rotatable bonds is 6. The fourth-order valence-electron chi connectivity index (χ4n) is 3.03. The van der Waals surface area contributed by atoms with E-state index in [1.807, 2.05) is 0 Å². The summed E-state index contributed by atoms with van der Waals surface area (Å²) in [5.41, 5.74) is 5.42. The number of hydrogen-bond donors (Lipinski definition) is 2. The lowest BCUT2D eigenvalue weighted by molar-refractivity contribution is -0.126. The van der Waals surface area contributed by atoms with Gasteiger partial charge in [-0.1, -0.05) is 0 Å². The Morgan fingerprint density at radius 1 is 1.15 bits per heavy atom. The predicted octanol–water partition coefficient (Wildman–Crippen LogP) is 1.10. The molecule has 0 atom stereocenters.